The molecular weight excluding hydrogens is 237 g/mol. The zero-order valence-electron chi connectivity index (χ0n) is 10.00. The average Bonchev–Trinajstić information content (AvgIpc) is 2.72. The first-order valence-corrected chi connectivity index (χ1v) is 6.84. The zero-order chi connectivity index (χ0) is 12.3. The molecule has 0 saturated heterocycles. The van der Waals surface area contributed by atoms with E-state index in [1.54, 1.807) is 6.07 Å². The summed E-state index contributed by atoms with van der Waals surface area (Å²) in [5.41, 5.74) is 0.739. The van der Waals surface area contributed by atoms with E-state index in [9.17, 15) is 4.39 Å². The Balaban J connectivity index is 2.27. The van der Waals surface area contributed by atoms with Gasteiger partial charge in [0, 0.05) is 11.1 Å². The SMILES string of the molecule is CCSCC(NC)c1cc2cc(F)ccc2o1. The van der Waals surface area contributed by atoms with E-state index in [-0.39, 0.29) is 11.9 Å². The third kappa shape index (κ3) is 2.82. The number of halogens is 1. The van der Waals surface area contributed by atoms with Gasteiger partial charge in [-0.25, -0.2) is 4.39 Å². The van der Waals surface area contributed by atoms with Gasteiger partial charge in [0.25, 0.3) is 0 Å². The molecule has 2 nitrogen and oxygen atoms in total. The number of thioether (sulfide) groups is 1. The molecule has 0 aliphatic heterocycles. The maximum atomic E-state index is 13.1. The molecule has 0 amide bonds. The van der Waals surface area contributed by atoms with Gasteiger partial charge in [-0.3, -0.25) is 0 Å². The molecule has 92 valence electrons. The molecule has 1 unspecified atom stereocenters. The summed E-state index contributed by atoms with van der Waals surface area (Å²) in [6.07, 6.45) is 0. The molecule has 0 radical (unpaired) electrons. The summed E-state index contributed by atoms with van der Waals surface area (Å²) in [6, 6.07) is 6.69. The highest BCUT2D eigenvalue weighted by molar-refractivity contribution is 7.99. The summed E-state index contributed by atoms with van der Waals surface area (Å²) >= 11 is 1.85. The van der Waals surface area contributed by atoms with Crippen LogP contribution in [0.3, 0.4) is 0 Å². The Labute approximate surface area is 105 Å². The number of rotatable bonds is 5. The van der Waals surface area contributed by atoms with E-state index in [1.807, 2.05) is 24.9 Å². The van der Waals surface area contributed by atoms with Gasteiger partial charge in [-0.15, -0.1) is 0 Å². The molecule has 1 N–H and O–H groups in total. The maximum Gasteiger partial charge on any atom is 0.134 e. The van der Waals surface area contributed by atoms with E-state index in [2.05, 4.69) is 12.2 Å². The zero-order valence-corrected chi connectivity index (χ0v) is 10.8. The summed E-state index contributed by atoms with van der Waals surface area (Å²) in [5, 5.41) is 4.04. The van der Waals surface area contributed by atoms with Gasteiger partial charge in [-0.1, -0.05) is 6.92 Å². The number of furan rings is 1. The lowest BCUT2D eigenvalue weighted by molar-refractivity contribution is 0.479. The molecule has 0 aliphatic rings. The number of hydrogen-bond donors (Lipinski definition) is 1. The fourth-order valence-electron chi connectivity index (χ4n) is 1.75. The molecule has 0 aliphatic carbocycles. The van der Waals surface area contributed by atoms with Crippen molar-refractivity contribution >= 4 is 22.7 Å². The second kappa shape index (κ2) is 5.56. The molecule has 0 spiro atoms. The third-order valence-corrected chi connectivity index (χ3v) is 3.66. The molecule has 2 rings (SSSR count). The lowest BCUT2D eigenvalue weighted by atomic mass is 10.2. The van der Waals surface area contributed by atoms with Crippen LogP contribution in [0.5, 0.6) is 0 Å². The minimum absolute atomic E-state index is 0.176. The highest BCUT2D eigenvalue weighted by Crippen LogP contribution is 2.26. The molecule has 1 atom stereocenters. The van der Waals surface area contributed by atoms with Gasteiger partial charge in [0.15, 0.2) is 0 Å². The lowest BCUT2D eigenvalue weighted by Crippen LogP contribution is -2.18. The average molecular weight is 253 g/mol. The van der Waals surface area contributed by atoms with Crippen LogP contribution in [0.25, 0.3) is 11.0 Å². The van der Waals surface area contributed by atoms with E-state index in [0.717, 1.165) is 28.2 Å². The number of hydrogen-bond acceptors (Lipinski definition) is 3. The monoisotopic (exact) mass is 253 g/mol. The van der Waals surface area contributed by atoms with Crippen molar-refractivity contribution in [3.8, 4) is 0 Å². The predicted molar refractivity (Wildman–Crippen MR) is 71.0 cm³/mol. The summed E-state index contributed by atoms with van der Waals surface area (Å²) < 4.78 is 18.8. The van der Waals surface area contributed by atoms with Crippen molar-refractivity contribution in [2.75, 3.05) is 18.6 Å². The maximum absolute atomic E-state index is 13.1. The van der Waals surface area contributed by atoms with Crippen LogP contribution >= 0.6 is 11.8 Å². The fourth-order valence-corrected chi connectivity index (χ4v) is 2.55. The summed E-state index contributed by atoms with van der Waals surface area (Å²) in [6.45, 7) is 2.13. The number of benzene rings is 1. The summed E-state index contributed by atoms with van der Waals surface area (Å²) in [5.74, 6) is 2.67. The Bertz CT molecular complexity index is 497. The van der Waals surface area contributed by atoms with Gasteiger partial charge in [-0.2, -0.15) is 11.8 Å². The van der Waals surface area contributed by atoms with Crippen molar-refractivity contribution in [1.82, 2.24) is 5.32 Å². The Kier molecular flexibility index (Phi) is 4.07. The fraction of sp³-hybridized carbons (Fsp3) is 0.385. The molecule has 2 aromatic rings. The largest absolute Gasteiger partial charge is 0.459 e. The van der Waals surface area contributed by atoms with Gasteiger partial charge < -0.3 is 9.73 Å². The number of nitrogens with one attached hydrogen (secondary N) is 1. The molecule has 1 aromatic carbocycles. The van der Waals surface area contributed by atoms with Crippen LogP contribution in [0.15, 0.2) is 28.7 Å². The smallest absolute Gasteiger partial charge is 0.134 e. The second-order valence-electron chi connectivity index (χ2n) is 3.83. The molecule has 17 heavy (non-hydrogen) atoms. The predicted octanol–water partition coefficient (Wildman–Crippen LogP) is 3.59. The summed E-state index contributed by atoms with van der Waals surface area (Å²) in [7, 11) is 1.91. The summed E-state index contributed by atoms with van der Waals surface area (Å²) in [4.78, 5) is 0. The second-order valence-corrected chi connectivity index (χ2v) is 5.15. The first-order chi connectivity index (χ1) is 8.24. The Morgan fingerprint density at radius 3 is 2.94 bits per heavy atom. The van der Waals surface area contributed by atoms with Crippen molar-refractivity contribution in [3.05, 3.63) is 35.8 Å². The molecule has 0 fully saturated rings. The molecular formula is C13H16FNOS. The van der Waals surface area contributed by atoms with Crippen LogP contribution in [-0.4, -0.2) is 18.6 Å². The van der Waals surface area contributed by atoms with Gasteiger partial charge >= 0.3 is 0 Å². The lowest BCUT2D eigenvalue weighted by Gasteiger charge is -2.11. The Morgan fingerprint density at radius 2 is 2.24 bits per heavy atom. The Hall–Kier alpha value is -1.00. The molecule has 1 aromatic heterocycles. The van der Waals surface area contributed by atoms with E-state index >= 15 is 0 Å². The molecule has 1 heterocycles. The Morgan fingerprint density at radius 1 is 1.41 bits per heavy atom. The highest BCUT2D eigenvalue weighted by Gasteiger charge is 2.14. The van der Waals surface area contributed by atoms with Gasteiger partial charge in [0.1, 0.15) is 17.2 Å². The van der Waals surface area contributed by atoms with Crippen molar-refractivity contribution in [1.29, 1.82) is 0 Å². The van der Waals surface area contributed by atoms with Crippen molar-refractivity contribution < 1.29 is 8.81 Å². The topological polar surface area (TPSA) is 25.2 Å². The van der Waals surface area contributed by atoms with Crippen LogP contribution in [-0.2, 0) is 0 Å². The van der Waals surface area contributed by atoms with Gasteiger partial charge in [0.2, 0.25) is 0 Å². The third-order valence-electron chi connectivity index (χ3n) is 2.68. The molecule has 0 bridgehead atoms. The first kappa shape index (κ1) is 12.5. The van der Waals surface area contributed by atoms with Crippen molar-refractivity contribution in [3.63, 3.8) is 0 Å². The van der Waals surface area contributed by atoms with Crippen LogP contribution in [0.2, 0.25) is 0 Å². The minimum atomic E-state index is -0.228. The molecule has 4 heteroatoms. The minimum Gasteiger partial charge on any atom is -0.459 e. The van der Waals surface area contributed by atoms with Crippen LogP contribution in [0.1, 0.15) is 18.7 Å². The van der Waals surface area contributed by atoms with E-state index in [0.29, 0.717) is 0 Å². The first-order valence-electron chi connectivity index (χ1n) is 5.68. The van der Waals surface area contributed by atoms with Crippen LogP contribution in [0.4, 0.5) is 4.39 Å². The normalized spacial score (nSPS) is 13.1. The quantitative estimate of drug-likeness (QED) is 0.881. The van der Waals surface area contributed by atoms with Gasteiger partial charge in [-0.05, 0) is 37.1 Å². The van der Waals surface area contributed by atoms with Crippen LogP contribution in [0, 0.1) is 5.82 Å². The van der Waals surface area contributed by atoms with E-state index in [1.165, 1.54) is 12.1 Å². The van der Waals surface area contributed by atoms with Crippen molar-refractivity contribution in [2.24, 2.45) is 0 Å². The van der Waals surface area contributed by atoms with Crippen LogP contribution < -0.4 is 5.32 Å². The van der Waals surface area contributed by atoms with Gasteiger partial charge in [0.05, 0.1) is 6.04 Å². The molecule has 0 saturated carbocycles. The van der Waals surface area contributed by atoms with E-state index < -0.39 is 0 Å². The van der Waals surface area contributed by atoms with Crippen molar-refractivity contribution in [2.45, 2.75) is 13.0 Å². The standard InChI is InChI=1S/C13H16FNOS/c1-3-17-8-11(15-2)13-7-9-6-10(14)4-5-12(9)16-13/h4-7,11,15H,3,8H2,1-2H3. The highest BCUT2D eigenvalue weighted by atomic mass is 32.2. The van der Waals surface area contributed by atoms with E-state index in [4.69, 9.17) is 4.42 Å². The number of fused-ring (bicyclic) bond motifs is 1.